The van der Waals surface area contributed by atoms with E-state index < -0.39 is 11.6 Å². The normalized spacial score (nSPS) is 22.3. The van der Waals surface area contributed by atoms with Crippen molar-refractivity contribution in [3.8, 4) is 0 Å². The van der Waals surface area contributed by atoms with Crippen molar-refractivity contribution in [2.45, 2.75) is 45.8 Å². The van der Waals surface area contributed by atoms with Gasteiger partial charge in [0.2, 0.25) is 11.8 Å². The molecule has 1 aromatic heterocycles. The molecule has 2 heterocycles. The molecule has 0 bridgehead atoms. The Balaban J connectivity index is 2.26. The summed E-state index contributed by atoms with van der Waals surface area (Å²) in [6, 6.07) is 5.21. The van der Waals surface area contributed by atoms with Crippen molar-refractivity contribution in [3.63, 3.8) is 0 Å². The van der Waals surface area contributed by atoms with E-state index in [-0.39, 0.29) is 11.8 Å². The SMILES string of the molecule is Cc1cccc(CN2C(=O)C(C)(C)NC(=O)C2C)n1. The maximum atomic E-state index is 12.4. The molecule has 1 fully saturated rings. The van der Waals surface area contributed by atoms with Crippen LogP contribution in [-0.2, 0) is 16.1 Å². The number of pyridine rings is 1. The lowest BCUT2D eigenvalue weighted by molar-refractivity contribution is -0.153. The number of hydrogen-bond donors (Lipinski definition) is 1. The molecule has 0 spiro atoms. The van der Waals surface area contributed by atoms with Crippen LogP contribution in [0.1, 0.15) is 32.2 Å². The van der Waals surface area contributed by atoms with E-state index in [1.54, 1.807) is 25.7 Å². The molecule has 1 atom stereocenters. The second-order valence-corrected chi connectivity index (χ2v) is 5.49. The summed E-state index contributed by atoms with van der Waals surface area (Å²) in [5.74, 6) is -0.208. The summed E-state index contributed by atoms with van der Waals surface area (Å²) in [5.41, 5.74) is 0.844. The Labute approximate surface area is 113 Å². The fourth-order valence-electron chi connectivity index (χ4n) is 2.21. The van der Waals surface area contributed by atoms with Gasteiger partial charge in [-0.05, 0) is 39.8 Å². The first-order valence-corrected chi connectivity index (χ1v) is 6.37. The van der Waals surface area contributed by atoms with Gasteiger partial charge in [-0.2, -0.15) is 0 Å². The Morgan fingerprint density at radius 2 is 2.05 bits per heavy atom. The Bertz CT molecular complexity index is 525. The molecule has 102 valence electrons. The molecule has 1 aliphatic heterocycles. The number of aromatic nitrogens is 1. The van der Waals surface area contributed by atoms with Gasteiger partial charge < -0.3 is 10.2 Å². The van der Waals surface area contributed by atoms with Gasteiger partial charge in [-0.3, -0.25) is 14.6 Å². The number of hydrogen-bond acceptors (Lipinski definition) is 3. The molecule has 1 aliphatic rings. The third-order valence-electron chi connectivity index (χ3n) is 3.36. The van der Waals surface area contributed by atoms with Gasteiger partial charge in [0.1, 0.15) is 11.6 Å². The van der Waals surface area contributed by atoms with Crippen molar-refractivity contribution < 1.29 is 9.59 Å². The summed E-state index contributed by atoms with van der Waals surface area (Å²) in [6.07, 6.45) is 0. The smallest absolute Gasteiger partial charge is 0.248 e. The fourth-order valence-corrected chi connectivity index (χ4v) is 2.21. The van der Waals surface area contributed by atoms with Crippen LogP contribution >= 0.6 is 0 Å². The van der Waals surface area contributed by atoms with Crippen molar-refractivity contribution in [1.29, 1.82) is 0 Å². The van der Waals surface area contributed by atoms with Crippen LogP contribution in [0.5, 0.6) is 0 Å². The number of piperazine rings is 1. The Morgan fingerprint density at radius 3 is 2.68 bits per heavy atom. The van der Waals surface area contributed by atoms with E-state index in [4.69, 9.17) is 0 Å². The Morgan fingerprint density at radius 1 is 1.37 bits per heavy atom. The third-order valence-corrected chi connectivity index (χ3v) is 3.36. The molecule has 0 aromatic carbocycles. The number of aryl methyl sites for hydroxylation is 1. The van der Waals surface area contributed by atoms with Crippen LogP contribution in [0.4, 0.5) is 0 Å². The maximum Gasteiger partial charge on any atom is 0.248 e. The quantitative estimate of drug-likeness (QED) is 0.864. The largest absolute Gasteiger partial charge is 0.340 e. The van der Waals surface area contributed by atoms with E-state index in [2.05, 4.69) is 10.3 Å². The van der Waals surface area contributed by atoms with Gasteiger partial charge in [-0.25, -0.2) is 0 Å². The van der Waals surface area contributed by atoms with E-state index in [0.29, 0.717) is 6.54 Å². The lowest BCUT2D eigenvalue weighted by Gasteiger charge is -2.41. The average molecular weight is 261 g/mol. The molecule has 1 N–H and O–H groups in total. The number of nitrogens with zero attached hydrogens (tertiary/aromatic N) is 2. The molecule has 0 radical (unpaired) electrons. The summed E-state index contributed by atoms with van der Waals surface area (Å²) in [4.78, 5) is 30.2. The number of carbonyl (C=O) groups excluding carboxylic acids is 2. The minimum Gasteiger partial charge on any atom is -0.340 e. The van der Waals surface area contributed by atoms with Gasteiger partial charge in [-0.15, -0.1) is 0 Å². The second kappa shape index (κ2) is 4.64. The highest BCUT2D eigenvalue weighted by atomic mass is 16.2. The van der Waals surface area contributed by atoms with Crippen molar-refractivity contribution >= 4 is 11.8 Å². The van der Waals surface area contributed by atoms with Gasteiger partial charge in [0.05, 0.1) is 12.2 Å². The van der Waals surface area contributed by atoms with E-state index in [1.807, 2.05) is 25.1 Å². The van der Waals surface area contributed by atoms with Crippen LogP contribution in [0.15, 0.2) is 18.2 Å². The number of carbonyl (C=O) groups is 2. The van der Waals surface area contributed by atoms with Crippen LogP contribution < -0.4 is 5.32 Å². The van der Waals surface area contributed by atoms with Crippen LogP contribution in [-0.4, -0.2) is 33.3 Å². The molecule has 1 saturated heterocycles. The van der Waals surface area contributed by atoms with Gasteiger partial charge in [-0.1, -0.05) is 6.07 Å². The van der Waals surface area contributed by atoms with E-state index in [9.17, 15) is 9.59 Å². The second-order valence-electron chi connectivity index (χ2n) is 5.49. The lowest BCUT2D eigenvalue weighted by atomic mass is 9.97. The zero-order valence-electron chi connectivity index (χ0n) is 11.7. The van der Waals surface area contributed by atoms with E-state index >= 15 is 0 Å². The number of nitrogens with one attached hydrogen (secondary N) is 1. The van der Waals surface area contributed by atoms with Crippen molar-refractivity contribution in [3.05, 3.63) is 29.6 Å². The summed E-state index contributed by atoms with van der Waals surface area (Å²) in [7, 11) is 0. The first kappa shape index (κ1) is 13.5. The Kier molecular flexibility index (Phi) is 3.30. The predicted octanol–water partition coefficient (Wildman–Crippen LogP) is 1.02. The lowest BCUT2D eigenvalue weighted by Crippen LogP contribution is -2.67. The third kappa shape index (κ3) is 2.59. The van der Waals surface area contributed by atoms with E-state index in [1.165, 1.54) is 0 Å². The van der Waals surface area contributed by atoms with Crippen molar-refractivity contribution in [1.82, 2.24) is 15.2 Å². The first-order chi connectivity index (χ1) is 8.81. The molecule has 19 heavy (non-hydrogen) atoms. The highest BCUT2D eigenvalue weighted by Crippen LogP contribution is 2.19. The van der Waals surface area contributed by atoms with Gasteiger partial charge in [0.15, 0.2) is 0 Å². The molecule has 5 heteroatoms. The monoisotopic (exact) mass is 261 g/mol. The average Bonchev–Trinajstić information content (AvgIpc) is 2.32. The summed E-state index contributed by atoms with van der Waals surface area (Å²) in [6.45, 7) is 7.43. The summed E-state index contributed by atoms with van der Waals surface area (Å²) < 4.78 is 0. The molecule has 0 saturated carbocycles. The van der Waals surface area contributed by atoms with E-state index in [0.717, 1.165) is 11.4 Å². The minimum absolute atomic E-state index is 0.0806. The minimum atomic E-state index is -0.854. The molecular formula is C14H19N3O2. The molecular weight excluding hydrogens is 242 g/mol. The molecule has 1 aromatic rings. The van der Waals surface area contributed by atoms with Crippen LogP contribution in [0.25, 0.3) is 0 Å². The number of rotatable bonds is 2. The predicted molar refractivity (Wildman–Crippen MR) is 71.2 cm³/mol. The van der Waals surface area contributed by atoms with Gasteiger partial charge >= 0.3 is 0 Å². The van der Waals surface area contributed by atoms with Gasteiger partial charge in [0.25, 0.3) is 0 Å². The summed E-state index contributed by atoms with van der Waals surface area (Å²) >= 11 is 0. The maximum absolute atomic E-state index is 12.4. The van der Waals surface area contributed by atoms with Crippen LogP contribution in [0.3, 0.4) is 0 Å². The highest BCUT2D eigenvalue weighted by molar-refractivity contribution is 5.99. The topological polar surface area (TPSA) is 62.3 Å². The molecule has 2 rings (SSSR count). The van der Waals surface area contributed by atoms with Gasteiger partial charge in [0, 0.05) is 5.69 Å². The molecule has 0 aliphatic carbocycles. The fraction of sp³-hybridized carbons (Fsp3) is 0.500. The van der Waals surface area contributed by atoms with Crippen LogP contribution in [0, 0.1) is 6.92 Å². The number of amides is 2. The molecule has 1 unspecified atom stereocenters. The Hall–Kier alpha value is -1.91. The molecule has 5 nitrogen and oxygen atoms in total. The zero-order valence-corrected chi connectivity index (χ0v) is 11.7. The first-order valence-electron chi connectivity index (χ1n) is 6.37. The van der Waals surface area contributed by atoms with Crippen LogP contribution in [0.2, 0.25) is 0 Å². The zero-order chi connectivity index (χ0) is 14.2. The summed E-state index contributed by atoms with van der Waals surface area (Å²) in [5, 5.41) is 2.73. The highest BCUT2D eigenvalue weighted by Gasteiger charge is 2.43. The standard InChI is InChI=1S/C14H19N3O2/c1-9-6-5-7-11(15-9)8-17-10(2)12(18)16-14(3,4)13(17)19/h5-7,10H,8H2,1-4H3,(H,16,18). The van der Waals surface area contributed by atoms with Crippen molar-refractivity contribution in [2.75, 3.05) is 0 Å². The van der Waals surface area contributed by atoms with Crippen molar-refractivity contribution in [2.24, 2.45) is 0 Å². The molecule has 2 amide bonds.